The van der Waals surface area contributed by atoms with Crippen LogP contribution in [0.15, 0.2) is 18.2 Å². The van der Waals surface area contributed by atoms with Gasteiger partial charge in [0, 0.05) is 31.4 Å². The summed E-state index contributed by atoms with van der Waals surface area (Å²) in [6, 6.07) is 7.33. The number of hydrogen-bond acceptors (Lipinski definition) is 3. The number of rotatable bonds is 5. The molecular weight excluding hydrogens is 234 g/mol. The second-order valence-corrected chi connectivity index (χ2v) is 5.43. The molecular formula is C16H27N3. The first-order chi connectivity index (χ1) is 9.19. The molecule has 1 aromatic rings. The second kappa shape index (κ2) is 6.40. The van der Waals surface area contributed by atoms with Gasteiger partial charge in [0.2, 0.25) is 0 Å². The Morgan fingerprint density at radius 3 is 2.63 bits per heavy atom. The summed E-state index contributed by atoms with van der Waals surface area (Å²) in [5.41, 5.74) is 9.65. The third kappa shape index (κ3) is 3.10. The minimum absolute atomic E-state index is 0.628. The largest absolute Gasteiger partial charge is 0.370 e. The number of aryl methyl sites for hydroxylation is 1. The highest BCUT2D eigenvalue weighted by molar-refractivity contribution is 5.55. The lowest BCUT2D eigenvalue weighted by atomic mass is 10.1. The molecule has 2 rings (SSSR count). The van der Waals surface area contributed by atoms with Gasteiger partial charge in [0.15, 0.2) is 0 Å². The van der Waals surface area contributed by atoms with Crippen LogP contribution in [-0.2, 0) is 6.54 Å². The Morgan fingerprint density at radius 2 is 2.05 bits per heavy atom. The van der Waals surface area contributed by atoms with Crippen molar-refractivity contribution in [2.24, 2.45) is 5.73 Å². The Morgan fingerprint density at radius 1 is 1.32 bits per heavy atom. The fourth-order valence-corrected chi connectivity index (χ4v) is 3.20. The molecule has 3 nitrogen and oxygen atoms in total. The van der Waals surface area contributed by atoms with Gasteiger partial charge in [-0.3, -0.25) is 4.90 Å². The highest BCUT2D eigenvalue weighted by Gasteiger charge is 2.26. The van der Waals surface area contributed by atoms with Crippen LogP contribution in [0.4, 0.5) is 5.69 Å². The Hall–Kier alpha value is -1.06. The van der Waals surface area contributed by atoms with Crippen molar-refractivity contribution in [1.29, 1.82) is 0 Å². The fourth-order valence-electron chi connectivity index (χ4n) is 3.20. The molecule has 1 saturated heterocycles. The molecule has 0 bridgehead atoms. The molecule has 1 aliphatic heterocycles. The predicted octanol–water partition coefficient (Wildman–Crippen LogP) is 2.37. The molecule has 1 fully saturated rings. The first kappa shape index (κ1) is 14.4. The quantitative estimate of drug-likeness (QED) is 0.883. The molecule has 0 spiro atoms. The maximum atomic E-state index is 5.70. The monoisotopic (exact) mass is 261 g/mol. The van der Waals surface area contributed by atoms with E-state index in [4.69, 9.17) is 5.73 Å². The lowest BCUT2D eigenvalue weighted by molar-refractivity contribution is 0.232. The number of anilines is 1. The summed E-state index contributed by atoms with van der Waals surface area (Å²) < 4.78 is 0. The first-order valence-corrected chi connectivity index (χ1v) is 7.48. The number of likely N-dealkylation sites (N-methyl/N-ethyl adjacent to an activating group) is 1. The summed E-state index contributed by atoms with van der Waals surface area (Å²) in [5.74, 6) is 0. The van der Waals surface area contributed by atoms with Gasteiger partial charge in [-0.2, -0.15) is 0 Å². The van der Waals surface area contributed by atoms with Gasteiger partial charge < -0.3 is 10.6 Å². The van der Waals surface area contributed by atoms with E-state index in [1.165, 1.54) is 29.8 Å². The lowest BCUT2D eigenvalue weighted by Gasteiger charge is -2.27. The molecule has 19 heavy (non-hydrogen) atoms. The van der Waals surface area contributed by atoms with Crippen molar-refractivity contribution in [3.8, 4) is 0 Å². The van der Waals surface area contributed by atoms with E-state index in [9.17, 15) is 0 Å². The van der Waals surface area contributed by atoms with Crippen LogP contribution in [0.25, 0.3) is 0 Å². The Labute approximate surface area is 117 Å². The molecule has 1 aromatic carbocycles. The fraction of sp³-hybridized carbons (Fsp3) is 0.625. The number of benzene rings is 1. The molecule has 0 amide bonds. The van der Waals surface area contributed by atoms with Gasteiger partial charge >= 0.3 is 0 Å². The normalized spacial score (nSPS) is 19.4. The van der Waals surface area contributed by atoms with Gasteiger partial charge in [-0.1, -0.05) is 26.0 Å². The van der Waals surface area contributed by atoms with Crippen LogP contribution in [0, 0.1) is 6.92 Å². The number of nitrogens with zero attached hydrogens (tertiary/aromatic N) is 2. The summed E-state index contributed by atoms with van der Waals surface area (Å²) in [6.07, 6.45) is 1.28. The van der Waals surface area contributed by atoms with Crippen LogP contribution in [0.1, 0.15) is 31.4 Å². The molecule has 1 aliphatic rings. The van der Waals surface area contributed by atoms with E-state index in [1.54, 1.807) is 0 Å². The molecule has 2 N–H and O–H groups in total. The van der Waals surface area contributed by atoms with E-state index in [1.807, 2.05) is 0 Å². The maximum absolute atomic E-state index is 5.70. The summed E-state index contributed by atoms with van der Waals surface area (Å²) in [4.78, 5) is 5.10. The topological polar surface area (TPSA) is 32.5 Å². The zero-order chi connectivity index (χ0) is 13.8. The molecule has 0 aliphatic carbocycles. The zero-order valence-corrected chi connectivity index (χ0v) is 12.5. The van der Waals surface area contributed by atoms with Crippen molar-refractivity contribution in [3.63, 3.8) is 0 Å². The van der Waals surface area contributed by atoms with Crippen molar-refractivity contribution < 1.29 is 0 Å². The Balaban J connectivity index is 2.08. The third-order valence-electron chi connectivity index (χ3n) is 4.33. The predicted molar refractivity (Wildman–Crippen MR) is 82.6 cm³/mol. The average molecular weight is 261 g/mol. The van der Waals surface area contributed by atoms with Crippen LogP contribution in [-0.4, -0.2) is 37.1 Å². The van der Waals surface area contributed by atoms with E-state index in [0.29, 0.717) is 12.6 Å². The average Bonchev–Trinajstić information content (AvgIpc) is 2.89. The van der Waals surface area contributed by atoms with Crippen molar-refractivity contribution >= 4 is 5.69 Å². The van der Waals surface area contributed by atoms with Crippen molar-refractivity contribution in [2.45, 2.75) is 39.8 Å². The SMILES string of the molecule is CCN(CC)C1CCN(c2ccc(CN)cc2C)C1. The third-order valence-corrected chi connectivity index (χ3v) is 4.33. The minimum atomic E-state index is 0.628. The van der Waals surface area contributed by atoms with Crippen molar-refractivity contribution in [3.05, 3.63) is 29.3 Å². The number of hydrogen-bond donors (Lipinski definition) is 1. The molecule has 1 unspecified atom stereocenters. The van der Waals surface area contributed by atoms with Gasteiger partial charge in [0.05, 0.1) is 0 Å². The van der Waals surface area contributed by atoms with Crippen molar-refractivity contribution in [2.75, 3.05) is 31.1 Å². The Kier molecular flexibility index (Phi) is 4.83. The standard InChI is InChI=1S/C16H27N3/c1-4-18(5-2)15-8-9-19(12-15)16-7-6-14(11-17)10-13(16)3/h6-7,10,15H,4-5,8-9,11-12,17H2,1-3H3. The van der Waals surface area contributed by atoms with Crippen LogP contribution in [0.2, 0.25) is 0 Å². The molecule has 106 valence electrons. The highest BCUT2D eigenvalue weighted by Crippen LogP contribution is 2.26. The lowest BCUT2D eigenvalue weighted by Crippen LogP contribution is -2.37. The zero-order valence-electron chi connectivity index (χ0n) is 12.5. The van der Waals surface area contributed by atoms with Crippen molar-refractivity contribution in [1.82, 2.24) is 4.90 Å². The maximum Gasteiger partial charge on any atom is 0.0396 e. The first-order valence-electron chi connectivity index (χ1n) is 7.48. The molecule has 1 atom stereocenters. The minimum Gasteiger partial charge on any atom is -0.370 e. The second-order valence-electron chi connectivity index (χ2n) is 5.43. The Bertz CT molecular complexity index is 412. The van der Waals surface area contributed by atoms with Crippen LogP contribution in [0.3, 0.4) is 0 Å². The van der Waals surface area contributed by atoms with Crippen LogP contribution in [0.5, 0.6) is 0 Å². The molecule has 0 radical (unpaired) electrons. The molecule has 1 heterocycles. The number of nitrogens with two attached hydrogens (primary N) is 1. The summed E-state index contributed by atoms with van der Waals surface area (Å²) in [5, 5.41) is 0. The van der Waals surface area contributed by atoms with Gasteiger partial charge in [0.1, 0.15) is 0 Å². The molecule has 3 heteroatoms. The van der Waals surface area contributed by atoms with Gasteiger partial charge in [-0.15, -0.1) is 0 Å². The van der Waals surface area contributed by atoms with Crippen LogP contribution >= 0.6 is 0 Å². The van der Waals surface area contributed by atoms with E-state index in [0.717, 1.165) is 19.6 Å². The van der Waals surface area contributed by atoms with E-state index >= 15 is 0 Å². The van der Waals surface area contributed by atoms with Gasteiger partial charge in [-0.25, -0.2) is 0 Å². The summed E-state index contributed by atoms with van der Waals surface area (Å²) in [7, 11) is 0. The van der Waals surface area contributed by atoms with E-state index in [-0.39, 0.29) is 0 Å². The van der Waals surface area contributed by atoms with E-state index < -0.39 is 0 Å². The summed E-state index contributed by atoms with van der Waals surface area (Å²) in [6.45, 7) is 12.0. The van der Waals surface area contributed by atoms with E-state index in [2.05, 4.69) is 48.8 Å². The van der Waals surface area contributed by atoms with Gasteiger partial charge in [0.25, 0.3) is 0 Å². The van der Waals surface area contributed by atoms with Gasteiger partial charge in [-0.05, 0) is 43.6 Å². The summed E-state index contributed by atoms with van der Waals surface area (Å²) >= 11 is 0. The molecule has 0 saturated carbocycles. The molecule has 0 aromatic heterocycles. The van der Waals surface area contributed by atoms with Crippen LogP contribution < -0.4 is 10.6 Å². The highest BCUT2D eigenvalue weighted by atomic mass is 15.2. The smallest absolute Gasteiger partial charge is 0.0396 e.